The van der Waals surface area contributed by atoms with Gasteiger partial charge in [0.1, 0.15) is 5.75 Å². The van der Waals surface area contributed by atoms with Crippen molar-refractivity contribution < 1.29 is 4.74 Å². The Hall–Kier alpha value is -1.23. The highest BCUT2D eigenvalue weighted by Crippen LogP contribution is 2.39. The lowest BCUT2D eigenvalue weighted by atomic mass is 9.76. The minimum Gasteiger partial charge on any atom is -0.497 e. The van der Waals surface area contributed by atoms with Crippen molar-refractivity contribution in [3.8, 4) is 5.75 Å². The number of hydrogen-bond acceptors (Lipinski definition) is 2. The van der Waals surface area contributed by atoms with Gasteiger partial charge in [-0.25, -0.2) is 0 Å². The van der Waals surface area contributed by atoms with Gasteiger partial charge in [0.15, 0.2) is 0 Å². The number of methoxy groups -OCH3 is 1. The predicted molar refractivity (Wildman–Crippen MR) is 96.3 cm³/mol. The molecule has 1 aliphatic carbocycles. The Morgan fingerprint density at radius 3 is 2.67 bits per heavy atom. The maximum absolute atomic E-state index is 5.30. The van der Waals surface area contributed by atoms with Crippen LogP contribution in [0, 0.1) is 10.5 Å². The van der Waals surface area contributed by atoms with Gasteiger partial charge in [-0.3, -0.25) is 0 Å². The Morgan fingerprint density at radius 2 is 1.95 bits per heavy atom. The van der Waals surface area contributed by atoms with E-state index in [9.17, 15) is 0 Å². The summed E-state index contributed by atoms with van der Waals surface area (Å²) in [5, 5.41) is 3.64. The molecule has 0 bridgehead atoms. The molecule has 1 fully saturated rings. The van der Waals surface area contributed by atoms with Crippen LogP contribution in [-0.4, -0.2) is 13.2 Å². The topological polar surface area (TPSA) is 21.3 Å². The van der Waals surface area contributed by atoms with Gasteiger partial charge in [-0.05, 0) is 83.7 Å². The molecule has 3 heteroatoms. The quantitative estimate of drug-likeness (QED) is 0.741. The maximum Gasteiger partial charge on any atom is 0.119 e. The maximum atomic E-state index is 5.30. The van der Waals surface area contributed by atoms with E-state index in [1.165, 1.54) is 33.2 Å². The number of halogens is 1. The Morgan fingerprint density at radius 1 is 1.14 bits per heavy atom. The average molecular weight is 393 g/mol. The largest absolute Gasteiger partial charge is 0.497 e. The SMILES string of the molecule is COc1cccc(C2CC(Nc3ccc(C)c(I)c3)C2)c1. The predicted octanol–water partition coefficient (Wildman–Crippen LogP) is 4.97. The van der Waals surface area contributed by atoms with Gasteiger partial charge in [0, 0.05) is 15.3 Å². The summed E-state index contributed by atoms with van der Waals surface area (Å²) in [7, 11) is 1.73. The van der Waals surface area contributed by atoms with Gasteiger partial charge in [-0.1, -0.05) is 18.2 Å². The molecule has 1 saturated carbocycles. The second-order valence-corrected chi connectivity index (χ2v) is 6.91. The average Bonchev–Trinajstić information content (AvgIpc) is 2.46. The summed E-state index contributed by atoms with van der Waals surface area (Å²) >= 11 is 2.39. The van der Waals surface area contributed by atoms with E-state index in [2.05, 4.69) is 71.2 Å². The van der Waals surface area contributed by atoms with Crippen molar-refractivity contribution in [1.29, 1.82) is 0 Å². The molecular weight excluding hydrogens is 373 g/mol. The highest BCUT2D eigenvalue weighted by molar-refractivity contribution is 14.1. The van der Waals surface area contributed by atoms with Crippen molar-refractivity contribution in [2.45, 2.75) is 31.7 Å². The molecule has 1 aliphatic rings. The van der Waals surface area contributed by atoms with E-state index < -0.39 is 0 Å². The molecule has 0 spiro atoms. The minimum absolute atomic E-state index is 0.583. The van der Waals surface area contributed by atoms with E-state index in [0.29, 0.717) is 12.0 Å². The molecule has 110 valence electrons. The molecule has 0 heterocycles. The highest BCUT2D eigenvalue weighted by Gasteiger charge is 2.30. The van der Waals surface area contributed by atoms with Crippen LogP contribution in [0.2, 0.25) is 0 Å². The van der Waals surface area contributed by atoms with Gasteiger partial charge in [-0.15, -0.1) is 0 Å². The van der Waals surface area contributed by atoms with Crippen LogP contribution >= 0.6 is 22.6 Å². The van der Waals surface area contributed by atoms with Gasteiger partial charge >= 0.3 is 0 Å². The molecule has 2 nitrogen and oxygen atoms in total. The van der Waals surface area contributed by atoms with Gasteiger partial charge < -0.3 is 10.1 Å². The van der Waals surface area contributed by atoms with Gasteiger partial charge in [0.2, 0.25) is 0 Å². The van der Waals surface area contributed by atoms with Crippen molar-refractivity contribution in [3.05, 3.63) is 57.2 Å². The van der Waals surface area contributed by atoms with Crippen LogP contribution in [0.5, 0.6) is 5.75 Å². The van der Waals surface area contributed by atoms with E-state index in [0.717, 1.165) is 5.75 Å². The molecular formula is C18H20INO. The fraction of sp³-hybridized carbons (Fsp3) is 0.333. The first kappa shape index (κ1) is 14.7. The van der Waals surface area contributed by atoms with Gasteiger partial charge in [0.25, 0.3) is 0 Å². The van der Waals surface area contributed by atoms with Gasteiger partial charge in [0.05, 0.1) is 7.11 Å². The first-order chi connectivity index (χ1) is 10.2. The van der Waals surface area contributed by atoms with Crippen molar-refractivity contribution in [1.82, 2.24) is 0 Å². The van der Waals surface area contributed by atoms with Crippen LogP contribution in [0.4, 0.5) is 5.69 Å². The third-order valence-electron chi connectivity index (χ3n) is 4.25. The Bertz CT molecular complexity index is 635. The summed E-state index contributed by atoms with van der Waals surface area (Å²) in [6.07, 6.45) is 2.38. The van der Waals surface area contributed by atoms with E-state index in [-0.39, 0.29) is 0 Å². The van der Waals surface area contributed by atoms with Crippen LogP contribution in [-0.2, 0) is 0 Å². The van der Waals surface area contributed by atoms with E-state index in [4.69, 9.17) is 4.74 Å². The molecule has 0 unspecified atom stereocenters. The summed E-state index contributed by atoms with van der Waals surface area (Å²) in [6.45, 7) is 2.15. The number of rotatable bonds is 4. The molecule has 3 rings (SSSR count). The highest BCUT2D eigenvalue weighted by atomic mass is 127. The molecule has 0 saturated heterocycles. The monoisotopic (exact) mass is 393 g/mol. The number of nitrogens with one attached hydrogen (secondary N) is 1. The zero-order valence-corrected chi connectivity index (χ0v) is 14.6. The number of ether oxygens (including phenoxy) is 1. The second kappa shape index (κ2) is 6.26. The lowest BCUT2D eigenvalue weighted by Gasteiger charge is -2.37. The summed E-state index contributed by atoms with van der Waals surface area (Å²) in [5.41, 5.74) is 3.97. The molecule has 0 aliphatic heterocycles. The lowest BCUT2D eigenvalue weighted by molar-refractivity contribution is 0.370. The number of aryl methyl sites for hydroxylation is 1. The summed E-state index contributed by atoms with van der Waals surface area (Å²) < 4.78 is 6.62. The first-order valence-electron chi connectivity index (χ1n) is 7.32. The zero-order chi connectivity index (χ0) is 14.8. The summed E-state index contributed by atoms with van der Waals surface area (Å²) in [5.74, 6) is 1.61. The molecule has 2 aromatic rings. The second-order valence-electron chi connectivity index (χ2n) is 5.75. The van der Waals surface area contributed by atoms with Crippen molar-refractivity contribution >= 4 is 28.3 Å². The first-order valence-corrected chi connectivity index (χ1v) is 8.40. The van der Waals surface area contributed by atoms with Crippen LogP contribution in [0.1, 0.15) is 29.9 Å². The van der Waals surface area contributed by atoms with Crippen molar-refractivity contribution in [3.63, 3.8) is 0 Å². The standard InChI is InChI=1S/C18H20INO/c1-12-6-7-15(11-18(12)19)20-16-8-14(9-16)13-4-3-5-17(10-13)21-2/h3-7,10-11,14,16,20H,8-9H2,1-2H3. The molecule has 0 radical (unpaired) electrons. The minimum atomic E-state index is 0.583. The molecule has 0 aromatic heterocycles. The van der Waals surface area contributed by atoms with Crippen LogP contribution in [0.25, 0.3) is 0 Å². The fourth-order valence-corrected chi connectivity index (χ4v) is 3.34. The molecule has 21 heavy (non-hydrogen) atoms. The summed E-state index contributed by atoms with van der Waals surface area (Å²) in [6, 6.07) is 15.6. The normalized spacial score (nSPS) is 20.7. The number of anilines is 1. The van der Waals surface area contributed by atoms with Crippen molar-refractivity contribution in [2.24, 2.45) is 0 Å². The third-order valence-corrected chi connectivity index (χ3v) is 5.41. The molecule has 1 N–H and O–H groups in total. The molecule has 2 aromatic carbocycles. The van der Waals surface area contributed by atoms with Crippen molar-refractivity contribution in [2.75, 3.05) is 12.4 Å². The fourth-order valence-electron chi connectivity index (χ4n) is 2.82. The zero-order valence-electron chi connectivity index (χ0n) is 12.4. The van der Waals surface area contributed by atoms with Crippen LogP contribution in [0.15, 0.2) is 42.5 Å². The molecule has 0 atom stereocenters. The summed E-state index contributed by atoms with van der Waals surface area (Å²) in [4.78, 5) is 0. The molecule has 0 amide bonds. The van der Waals surface area contributed by atoms with E-state index >= 15 is 0 Å². The Labute approximate surface area is 140 Å². The van der Waals surface area contributed by atoms with Gasteiger partial charge in [-0.2, -0.15) is 0 Å². The Kier molecular flexibility index (Phi) is 4.38. The number of benzene rings is 2. The van der Waals surface area contributed by atoms with Crippen LogP contribution < -0.4 is 10.1 Å². The smallest absolute Gasteiger partial charge is 0.119 e. The van der Waals surface area contributed by atoms with E-state index in [1.54, 1.807) is 7.11 Å². The van der Waals surface area contributed by atoms with Crippen LogP contribution in [0.3, 0.4) is 0 Å². The Balaban J connectivity index is 1.59. The third kappa shape index (κ3) is 3.34. The number of hydrogen-bond donors (Lipinski definition) is 1. The lowest BCUT2D eigenvalue weighted by Crippen LogP contribution is -2.34. The van der Waals surface area contributed by atoms with E-state index in [1.807, 2.05) is 6.07 Å².